The molecule has 0 bridgehead atoms. The molecular formula is C18H22N6O. The van der Waals surface area contributed by atoms with Crippen LogP contribution in [-0.2, 0) is 0 Å². The highest BCUT2D eigenvalue weighted by Crippen LogP contribution is 2.22. The molecule has 3 aromatic heterocycles. The van der Waals surface area contributed by atoms with Crippen LogP contribution in [0.3, 0.4) is 0 Å². The van der Waals surface area contributed by atoms with Crippen LogP contribution >= 0.6 is 0 Å². The van der Waals surface area contributed by atoms with E-state index >= 15 is 0 Å². The number of nitrogens with zero attached hydrogens (tertiary/aromatic N) is 5. The molecule has 1 N–H and O–H groups in total. The third-order valence-electron chi connectivity index (χ3n) is 3.78. The number of rotatable bonds is 8. The minimum absolute atomic E-state index is 0.158. The number of ether oxygens (including phenoxy) is 1. The molecule has 0 radical (unpaired) electrons. The lowest BCUT2D eigenvalue weighted by atomic mass is 10.1. The number of nitrogens with one attached hydrogen (secondary N) is 1. The van der Waals surface area contributed by atoms with Crippen LogP contribution in [0.2, 0.25) is 0 Å². The second-order valence-corrected chi connectivity index (χ2v) is 5.61. The molecular weight excluding hydrogens is 316 g/mol. The number of pyridine rings is 1. The highest BCUT2D eigenvalue weighted by molar-refractivity contribution is 5.59. The van der Waals surface area contributed by atoms with Crippen molar-refractivity contribution in [3.63, 3.8) is 0 Å². The van der Waals surface area contributed by atoms with Gasteiger partial charge in [-0.05, 0) is 32.0 Å². The Morgan fingerprint density at radius 2 is 2.24 bits per heavy atom. The second kappa shape index (κ2) is 7.85. The average molecular weight is 338 g/mol. The van der Waals surface area contributed by atoms with Gasteiger partial charge in [0.2, 0.25) is 5.65 Å². The minimum Gasteiger partial charge on any atom is -0.475 e. The van der Waals surface area contributed by atoms with Gasteiger partial charge >= 0.3 is 0 Å². The molecule has 7 heteroatoms. The summed E-state index contributed by atoms with van der Waals surface area (Å²) in [5, 5.41) is 7.89. The molecule has 0 aliphatic carbocycles. The first-order valence-electron chi connectivity index (χ1n) is 8.37. The van der Waals surface area contributed by atoms with Crippen molar-refractivity contribution in [2.45, 2.75) is 26.3 Å². The third-order valence-corrected chi connectivity index (χ3v) is 3.78. The van der Waals surface area contributed by atoms with Gasteiger partial charge in [0, 0.05) is 30.2 Å². The molecule has 7 nitrogen and oxygen atoms in total. The van der Waals surface area contributed by atoms with Gasteiger partial charge in [-0.15, -0.1) is 11.7 Å². The van der Waals surface area contributed by atoms with E-state index in [-0.39, 0.29) is 6.04 Å². The highest BCUT2D eigenvalue weighted by Gasteiger charge is 2.13. The molecule has 0 saturated heterocycles. The van der Waals surface area contributed by atoms with Crippen molar-refractivity contribution in [1.82, 2.24) is 29.9 Å². The predicted octanol–water partition coefficient (Wildman–Crippen LogP) is 2.81. The zero-order chi connectivity index (χ0) is 17.6. The number of fused-ring (bicyclic) bond motifs is 1. The van der Waals surface area contributed by atoms with Gasteiger partial charge in [-0.25, -0.2) is 9.50 Å². The SMILES string of the molecule is C=CCCOc1nc(-c2ccnc([C@@H](C)NCC)c2)nn2ccnc12. The number of hydrogen-bond acceptors (Lipinski definition) is 6. The number of hydrogen-bond donors (Lipinski definition) is 1. The fourth-order valence-electron chi connectivity index (χ4n) is 2.49. The van der Waals surface area contributed by atoms with E-state index in [1.807, 2.05) is 18.2 Å². The number of aromatic nitrogens is 5. The summed E-state index contributed by atoms with van der Waals surface area (Å²) < 4.78 is 7.44. The van der Waals surface area contributed by atoms with Gasteiger partial charge in [0.15, 0.2) is 5.82 Å². The Kier molecular flexibility index (Phi) is 5.35. The smallest absolute Gasteiger partial charge is 0.261 e. The van der Waals surface area contributed by atoms with Gasteiger partial charge in [-0.1, -0.05) is 13.0 Å². The second-order valence-electron chi connectivity index (χ2n) is 5.61. The normalized spacial score (nSPS) is 12.2. The van der Waals surface area contributed by atoms with Gasteiger partial charge < -0.3 is 10.1 Å². The highest BCUT2D eigenvalue weighted by atomic mass is 16.5. The van der Waals surface area contributed by atoms with Crippen molar-refractivity contribution in [3.05, 3.63) is 49.1 Å². The Bertz CT molecular complexity index is 860. The van der Waals surface area contributed by atoms with Crippen LogP contribution in [0.25, 0.3) is 17.0 Å². The molecule has 0 spiro atoms. The Morgan fingerprint density at radius 1 is 1.36 bits per heavy atom. The van der Waals surface area contributed by atoms with Crippen molar-refractivity contribution in [2.24, 2.45) is 0 Å². The number of imidazole rings is 1. The Balaban J connectivity index is 1.97. The van der Waals surface area contributed by atoms with Crippen LogP contribution in [0, 0.1) is 0 Å². The molecule has 0 aliphatic heterocycles. The first kappa shape index (κ1) is 17.0. The third kappa shape index (κ3) is 3.83. The van der Waals surface area contributed by atoms with E-state index in [1.54, 1.807) is 23.1 Å². The lowest BCUT2D eigenvalue weighted by molar-refractivity contribution is 0.313. The minimum atomic E-state index is 0.158. The summed E-state index contributed by atoms with van der Waals surface area (Å²) in [4.78, 5) is 13.3. The summed E-state index contributed by atoms with van der Waals surface area (Å²) in [5.74, 6) is 1.04. The van der Waals surface area contributed by atoms with Crippen LogP contribution in [0.4, 0.5) is 0 Å². The summed E-state index contributed by atoms with van der Waals surface area (Å²) >= 11 is 0. The largest absolute Gasteiger partial charge is 0.475 e. The maximum absolute atomic E-state index is 5.76. The summed E-state index contributed by atoms with van der Waals surface area (Å²) in [7, 11) is 0. The molecule has 3 heterocycles. The molecule has 3 rings (SSSR count). The molecule has 0 aliphatic rings. The molecule has 1 atom stereocenters. The summed E-state index contributed by atoms with van der Waals surface area (Å²) in [6, 6.07) is 4.05. The van der Waals surface area contributed by atoms with Gasteiger partial charge in [-0.3, -0.25) is 4.98 Å². The van der Waals surface area contributed by atoms with E-state index in [9.17, 15) is 0 Å². The van der Waals surface area contributed by atoms with Crippen LogP contribution in [-0.4, -0.2) is 37.7 Å². The van der Waals surface area contributed by atoms with Gasteiger partial charge in [0.1, 0.15) is 0 Å². The lowest BCUT2D eigenvalue weighted by Crippen LogP contribution is -2.18. The molecule has 130 valence electrons. The van der Waals surface area contributed by atoms with Gasteiger partial charge in [0.05, 0.1) is 12.3 Å². The van der Waals surface area contributed by atoms with Gasteiger partial charge in [-0.2, -0.15) is 4.98 Å². The quantitative estimate of drug-likeness (QED) is 0.503. The van der Waals surface area contributed by atoms with Crippen LogP contribution in [0.15, 0.2) is 43.4 Å². The van der Waals surface area contributed by atoms with Crippen LogP contribution in [0.1, 0.15) is 32.0 Å². The molecule has 0 aromatic carbocycles. The predicted molar refractivity (Wildman–Crippen MR) is 96.4 cm³/mol. The molecule has 0 saturated carbocycles. The van der Waals surface area contributed by atoms with Crippen molar-refractivity contribution in [2.75, 3.05) is 13.2 Å². The van der Waals surface area contributed by atoms with Gasteiger partial charge in [0.25, 0.3) is 5.88 Å². The van der Waals surface area contributed by atoms with E-state index in [2.05, 4.69) is 45.8 Å². The average Bonchev–Trinajstić information content (AvgIpc) is 3.11. The Morgan fingerprint density at radius 3 is 3.04 bits per heavy atom. The van der Waals surface area contributed by atoms with Crippen LogP contribution < -0.4 is 10.1 Å². The first-order valence-corrected chi connectivity index (χ1v) is 8.37. The summed E-state index contributed by atoms with van der Waals surface area (Å²) in [6.45, 7) is 9.24. The topological polar surface area (TPSA) is 77.2 Å². The van der Waals surface area contributed by atoms with E-state index in [0.29, 0.717) is 24.0 Å². The van der Waals surface area contributed by atoms with E-state index in [1.165, 1.54) is 0 Å². The van der Waals surface area contributed by atoms with Crippen molar-refractivity contribution < 1.29 is 4.74 Å². The van der Waals surface area contributed by atoms with Crippen molar-refractivity contribution in [3.8, 4) is 17.3 Å². The molecule has 0 fully saturated rings. The maximum atomic E-state index is 5.76. The van der Waals surface area contributed by atoms with E-state index in [4.69, 9.17) is 4.74 Å². The van der Waals surface area contributed by atoms with E-state index in [0.717, 1.165) is 24.2 Å². The molecule has 25 heavy (non-hydrogen) atoms. The van der Waals surface area contributed by atoms with Crippen molar-refractivity contribution >= 4 is 5.65 Å². The fourth-order valence-corrected chi connectivity index (χ4v) is 2.49. The van der Waals surface area contributed by atoms with Crippen LogP contribution in [0.5, 0.6) is 5.88 Å². The lowest BCUT2D eigenvalue weighted by Gasteiger charge is -2.13. The van der Waals surface area contributed by atoms with Crippen molar-refractivity contribution in [1.29, 1.82) is 0 Å². The van der Waals surface area contributed by atoms with E-state index < -0.39 is 0 Å². The standard InChI is InChI=1S/C18H22N6O/c1-4-6-11-25-18-17-21-9-10-24(17)23-16(22-18)14-7-8-20-15(12-14)13(3)19-5-2/h4,7-10,12-13,19H,1,5-6,11H2,2-3H3/t13-/m1/s1. The maximum Gasteiger partial charge on any atom is 0.261 e. The summed E-state index contributed by atoms with van der Waals surface area (Å²) in [6.07, 6.45) is 7.79. The molecule has 0 amide bonds. The first-order chi connectivity index (χ1) is 12.2. The Hall–Kier alpha value is -2.80. The monoisotopic (exact) mass is 338 g/mol. The summed E-state index contributed by atoms with van der Waals surface area (Å²) in [5.41, 5.74) is 2.44. The molecule has 0 unspecified atom stereocenters. The molecule has 3 aromatic rings. The fraction of sp³-hybridized carbons (Fsp3) is 0.333. The zero-order valence-corrected chi connectivity index (χ0v) is 14.5. The Labute approximate surface area is 146 Å². The zero-order valence-electron chi connectivity index (χ0n) is 14.5.